The molecule has 0 aromatic heterocycles. The van der Waals surface area contributed by atoms with Crippen LogP contribution in [0.2, 0.25) is 0 Å². The molecule has 0 spiro atoms. The van der Waals surface area contributed by atoms with Crippen LogP contribution in [0.4, 0.5) is 8.78 Å². The first kappa shape index (κ1) is 12.4. The molecule has 4 nitrogen and oxygen atoms in total. The number of carboxylic acids is 1. The normalized spacial score (nSPS) is 12.2. The van der Waals surface area contributed by atoms with E-state index in [1.165, 1.54) is 0 Å². The molecular weight excluding hydrogens is 220 g/mol. The third-order valence-electron chi connectivity index (χ3n) is 2.04. The second-order valence-electron chi connectivity index (χ2n) is 3.24. The molecule has 0 saturated heterocycles. The average Bonchev–Trinajstić information content (AvgIpc) is 2.16. The third-order valence-corrected chi connectivity index (χ3v) is 2.04. The van der Waals surface area contributed by atoms with Gasteiger partial charge in [0.15, 0.2) is 17.4 Å². The predicted octanol–water partition coefficient (Wildman–Crippen LogP) is 0.928. The number of aliphatic carboxylic acids is 1. The highest BCUT2D eigenvalue weighted by molar-refractivity contribution is 5.73. The topological polar surface area (TPSA) is 72.5 Å². The fraction of sp³-hybridized carbons (Fsp3) is 0.300. The summed E-state index contributed by atoms with van der Waals surface area (Å²) in [6.07, 6.45) is -0.146. The molecule has 6 heteroatoms. The zero-order valence-electron chi connectivity index (χ0n) is 8.54. The van der Waals surface area contributed by atoms with Gasteiger partial charge < -0.3 is 15.6 Å². The highest BCUT2D eigenvalue weighted by atomic mass is 19.1. The lowest BCUT2D eigenvalue weighted by Crippen LogP contribution is -2.32. The number of halogens is 2. The Morgan fingerprint density at radius 3 is 2.38 bits per heavy atom. The summed E-state index contributed by atoms with van der Waals surface area (Å²) >= 11 is 0. The summed E-state index contributed by atoms with van der Waals surface area (Å²) < 4.78 is 30.9. The van der Waals surface area contributed by atoms with Crippen molar-refractivity contribution < 1.29 is 23.4 Å². The third kappa shape index (κ3) is 2.66. The molecule has 0 aliphatic carbocycles. The van der Waals surface area contributed by atoms with Gasteiger partial charge in [0.1, 0.15) is 6.04 Å². The van der Waals surface area contributed by atoms with Crippen molar-refractivity contribution in [1.82, 2.24) is 0 Å². The van der Waals surface area contributed by atoms with Crippen molar-refractivity contribution in [1.29, 1.82) is 0 Å². The van der Waals surface area contributed by atoms with E-state index in [1.54, 1.807) is 0 Å². The molecule has 0 aliphatic rings. The second kappa shape index (κ2) is 4.89. The van der Waals surface area contributed by atoms with E-state index in [1.807, 2.05) is 0 Å². The van der Waals surface area contributed by atoms with Crippen molar-refractivity contribution in [2.75, 3.05) is 7.11 Å². The maximum Gasteiger partial charge on any atom is 0.320 e. The lowest BCUT2D eigenvalue weighted by molar-refractivity contribution is -0.138. The number of carbonyl (C=O) groups is 1. The largest absolute Gasteiger partial charge is 0.491 e. The first-order valence-corrected chi connectivity index (χ1v) is 4.46. The fourth-order valence-electron chi connectivity index (χ4n) is 1.27. The number of hydrogen-bond donors (Lipinski definition) is 2. The van der Waals surface area contributed by atoms with Crippen molar-refractivity contribution in [2.24, 2.45) is 5.73 Å². The van der Waals surface area contributed by atoms with E-state index < -0.39 is 29.4 Å². The smallest absolute Gasteiger partial charge is 0.320 e. The van der Waals surface area contributed by atoms with Gasteiger partial charge in [0, 0.05) is 0 Å². The van der Waals surface area contributed by atoms with Gasteiger partial charge in [0.25, 0.3) is 0 Å². The summed E-state index contributed by atoms with van der Waals surface area (Å²) in [7, 11) is 1.14. The van der Waals surface area contributed by atoms with Gasteiger partial charge >= 0.3 is 5.97 Å². The van der Waals surface area contributed by atoms with E-state index in [0.717, 1.165) is 19.2 Å². The number of benzene rings is 1. The van der Waals surface area contributed by atoms with E-state index in [2.05, 4.69) is 4.74 Å². The summed E-state index contributed by atoms with van der Waals surface area (Å²) in [6.45, 7) is 0. The fourth-order valence-corrected chi connectivity index (χ4v) is 1.27. The Bertz CT molecular complexity index is 386. The van der Waals surface area contributed by atoms with Crippen LogP contribution < -0.4 is 10.5 Å². The molecule has 0 saturated carbocycles. The van der Waals surface area contributed by atoms with Crippen LogP contribution in [0.1, 0.15) is 5.56 Å². The van der Waals surface area contributed by atoms with Crippen LogP contribution in [0.5, 0.6) is 5.75 Å². The van der Waals surface area contributed by atoms with Crippen LogP contribution in [-0.4, -0.2) is 24.2 Å². The van der Waals surface area contributed by atoms with Crippen LogP contribution >= 0.6 is 0 Å². The zero-order valence-corrected chi connectivity index (χ0v) is 8.54. The molecule has 1 aromatic carbocycles. The molecular formula is C10H11F2NO3. The Balaban J connectivity index is 2.96. The number of rotatable bonds is 4. The van der Waals surface area contributed by atoms with E-state index in [4.69, 9.17) is 10.8 Å². The molecule has 0 unspecified atom stereocenters. The molecule has 1 rings (SSSR count). The van der Waals surface area contributed by atoms with Crippen LogP contribution in [0, 0.1) is 11.6 Å². The Kier molecular flexibility index (Phi) is 3.78. The lowest BCUT2D eigenvalue weighted by atomic mass is 10.1. The molecule has 0 bridgehead atoms. The lowest BCUT2D eigenvalue weighted by Gasteiger charge is -2.09. The standard InChI is InChI=1S/C10H11F2NO3/c1-16-9-6(11)2-5(3-7(9)12)4-8(13)10(14)15/h2-3,8H,4,13H2,1H3,(H,14,15)/t8-/m1/s1. The Hall–Kier alpha value is -1.69. The van der Waals surface area contributed by atoms with E-state index in [9.17, 15) is 13.6 Å². The maximum atomic E-state index is 13.2. The van der Waals surface area contributed by atoms with Gasteiger partial charge in [-0.3, -0.25) is 4.79 Å². The van der Waals surface area contributed by atoms with Crippen molar-refractivity contribution >= 4 is 5.97 Å². The van der Waals surface area contributed by atoms with Gasteiger partial charge in [-0.1, -0.05) is 0 Å². The van der Waals surface area contributed by atoms with Crippen molar-refractivity contribution in [2.45, 2.75) is 12.5 Å². The molecule has 1 atom stereocenters. The van der Waals surface area contributed by atoms with E-state index in [-0.39, 0.29) is 12.0 Å². The summed E-state index contributed by atoms with van der Waals surface area (Å²) in [6, 6.07) is 0.822. The van der Waals surface area contributed by atoms with Crippen LogP contribution in [0.15, 0.2) is 12.1 Å². The average molecular weight is 231 g/mol. The summed E-state index contributed by atoms with van der Waals surface area (Å²) in [4.78, 5) is 10.5. The summed E-state index contributed by atoms with van der Waals surface area (Å²) in [5.74, 6) is -3.48. The Labute approximate surface area is 90.6 Å². The van der Waals surface area contributed by atoms with Crippen LogP contribution in [0.3, 0.4) is 0 Å². The van der Waals surface area contributed by atoms with Crippen LogP contribution in [-0.2, 0) is 11.2 Å². The molecule has 1 aromatic rings. The van der Waals surface area contributed by atoms with Crippen LogP contribution in [0.25, 0.3) is 0 Å². The minimum atomic E-state index is -1.23. The molecule has 0 radical (unpaired) electrons. The van der Waals surface area contributed by atoms with Gasteiger partial charge in [0.2, 0.25) is 0 Å². The molecule has 0 heterocycles. The first-order valence-electron chi connectivity index (χ1n) is 4.46. The Morgan fingerprint density at radius 1 is 1.50 bits per heavy atom. The monoisotopic (exact) mass is 231 g/mol. The van der Waals surface area contributed by atoms with Gasteiger partial charge in [-0.25, -0.2) is 8.78 Å². The zero-order chi connectivity index (χ0) is 12.3. The van der Waals surface area contributed by atoms with Gasteiger partial charge in [-0.15, -0.1) is 0 Å². The molecule has 3 N–H and O–H groups in total. The second-order valence-corrected chi connectivity index (χ2v) is 3.24. The number of nitrogens with two attached hydrogens (primary N) is 1. The van der Waals surface area contributed by atoms with Crippen molar-refractivity contribution in [3.63, 3.8) is 0 Å². The number of ether oxygens (including phenoxy) is 1. The quantitative estimate of drug-likeness (QED) is 0.808. The SMILES string of the molecule is COc1c(F)cc(C[C@@H](N)C(=O)O)cc1F. The molecule has 0 aliphatic heterocycles. The van der Waals surface area contributed by atoms with E-state index >= 15 is 0 Å². The highest BCUT2D eigenvalue weighted by Crippen LogP contribution is 2.23. The van der Waals surface area contributed by atoms with E-state index in [0.29, 0.717) is 0 Å². The minimum Gasteiger partial charge on any atom is -0.491 e. The first-order chi connectivity index (χ1) is 7.45. The van der Waals surface area contributed by atoms with Crippen molar-refractivity contribution in [3.05, 3.63) is 29.3 Å². The Morgan fingerprint density at radius 2 is 2.00 bits per heavy atom. The van der Waals surface area contributed by atoms with Gasteiger partial charge in [0.05, 0.1) is 7.11 Å². The van der Waals surface area contributed by atoms with Crippen molar-refractivity contribution in [3.8, 4) is 5.75 Å². The summed E-state index contributed by atoms with van der Waals surface area (Å²) in [5, 5.41) is 8.55. The number of hydrogen-bond acceptors (Lipinski definition) is 3. The molecule has 88 valence electrons. The molecule has 16 heavy (non-hydrogen) atoms. The molecule has 0 amide bonds. The molecule has 0 fully saturated rings. The van der Waals surface area contributed by atoms with Gasteiger partial charge in [-0.05, 0) is 24.1 Å². The highest BCUT2D eigenvalue weighted by Gasteiger charge is 2.16. The predicted molar refractivity (Wildman–Crippen MR) is 52.2 cm³/mol. The summed E-state index contributed by atoms with van der Waals surface area (Å²) in [5.41, 5.74) is 5.42. The number of carboxylic acid groups (broad SMARTS) is 1. The maximum absolute atomic E-state index is 13.2. The number of methoxy groups -OCH3 is 1. The van der Waals surface area contributed by atoms with Gasteiger partial charge in [-0.2, -0.15) is 0 Å². The minimum absolute atomic E-state index is 0.146.